The molecule has 1 aliphatic rings. The SMILES string of the molecule is CC.CCCC(CCCC(=O)C1CCC(=O)CC1)CCc1ncc(-c2cccc(Nc3cc(C)ccn3)n2)s1. The van der Waals surface area contributed by atoms with Gasteiger partial charge >= 0.3 is 0 Å². The molecule has 0 spiro atoms. The molecule has 7 heteroatoms. The number of aromatic nitrogens is 3. The quantitative estimate of drug-likeness (QED) is 0.230. The van der Waals surface area contributed by atoms with Crippen molar-refractivity contribution in [1.29, 1.82) is 0 Å². The van der Waals surface area contributed by atoms with Crippen LogP contribution in [0.1, 0.15) is 95.6 Å². The van der Waals surface area contributed by atoms with Crippen molar-refractivity contribution in [2.24, 2.45) is 11.8 Å². The van der Waals surface area contributed by atoms with Gasteiger partial charge in [0.15, 0.2) is 0 Å². The Morgan fingerprint density at radius 2 is 1.87 bits per heavy atom. The summed E-state index contributed by atoms with van der Waals surface area (Å²) in [4.78, 5) is 38.9. The minimum atomic E-state index is 0.117. The van der Waals surface area contributed by atoms with Crippen LogP contribution in [-0.2, 0) is 16.0 Å². The van der Waals surface area contributed by atoms with Gasteiger partial charge in [-0.3, -0.25) is 9.59 Å². The second kappa shape index (κ2) is 16.2. The number of hydrogen-bond donors (Lipinski definition) is 1. The molecule has 6 nitrogen and oxygen atoms in total. The van der Waals surface area contributed by atoms with Crippen molar-refractivity contribution >= 4 is 34.5 Å². The molecule has 210 valence electrons. The summed E-state index contributed by atoms with van der Waals surface area (Å²) in [7, 11) is 0. The lowest BCUT2D eigenvalue weighted by Crippen LogP contribution is -2.21. The fourth-order valence-electron chi connectivity index (χ4n) is 5.12. The van der Waals surface area contributed by atoms with Gasteiger partial charge in [0, 0.05) is 37.6 Å². The molecule has 4 rings (SSSR count). The van der Waals surface area contributed by atoms with Crippen molar-refractivity contribution in [3.63, 3.8) is 0 Å². The second-order valence-electron chi connectivity index (χ2n) is 10.2. The van der Waals surface area contributed by atoms with Crippen LogP contribution < -0.4 is 5.32 Å². The number of Topliss-reactive ketones (excluding diaryl/α,β-unsaturated/α-hetero) is 2. The summed E-state index contributed by atoms with van der Waals surface area (Å²) in [6.07, 6.45) is 13.5. The molecule has 3 aromatic rings. The van der Waals surface area contributed by atoms with E-state index in [1.165, 1.54) is 6.42 Å². The first kappa shape index (κ1) is 30.6. The molecule has 1 fully saturated rings. The van der Waals surface area contributed by atoms with E-state index in [4.69, 9.17) is 4.98 Å². The van der Waals surface area contributed by atoms with Gasteiger partial charge < -0.3 is 5.32 Å². The highest BCUT2D eigenvalue weighted by Gasteiger charge is 2.24. The number of rotatable bonds is 13. The fraction of sp³-hybridized carbons (Fsp3) is 0.531. The highest BCUT2D eigenvalue weighted by Crippen LogP contribution is 2.29. The molecule has 1 unspecified atom stereocenters. The van der Waals surface area contributed by atoms with Gasteiger partial charge in [0.2, 0.25) is 0 Å². The molecule has 3 heterocycles. The number of aryl methyl sites for hydroxylation is 2. The first-order valence-corrected chi connectivity index (χ1v) is 15.5. The zero-order valence-corrected chi connectivity index (χ0v) is 24.9. The second-order valence-corrected chi connectivity index (χ2v) is 11.3. The van der Waals surface area contributed by atoms with Crippen molar-refractivity contribution in [2.75, 3.05) is 5.32 Å². The lowest BCUT2D eigenvalue weighted by molar-refractivity contribution is -0.127. The summed E-state index contributed by atoms with van der Waals surface area (Å²) in [6.45, 7) is 8.28. The smallest absolute Gasteiger partial charge is 0.136 e. The number of hydrogen-bond acceptors (Lipinski definition) is 7. The lowest BCUT2D eigenvalue weighted by atomic mass is 9.83. The van der Waals surface area contributed by atoms with Gasteiger partial charge in [0.25, 0.3) is 0 Å². The van der Waals surface area contributed by atoms with Gasteiger partial charge in [-0.2, -0.15) is 0 Å². The maximum absolute atomic E-state index is 12.6. The molecular formula is C32H44N4O2S. The Morgan fingerprint density at radius 1 is 1.08 bits per heavy atom. The molecule has 0 bridgehead atoms. The summed E-state index contributed by atoms with van der Waals surface area (Å²) in [5, 5.41) is 4.43. The monoisotopic (exact) mass is 548 g/mol. The zero-order chi connectivity index (χ0) is 28.0. The average molecular weight is 549 g/mol. The minimum absolute atomic E-state index is 0.117. The van der Waals surface area contributed by atoms with E-state index in [1.54, 1.807) is 17.5 Å². The molecule has 1 saturated carbocycles. The molecule has 1 aliphatic carbocycles. The number of ketones is 2. The number of anilines is 2. The third-order valence-electron chi connectivity index (χ3n) is 7.22. The van der Waals surface area contributed by atoms with Gasteiger partial charge in [-0.15, -0.1) is 11.3 Å². The molecule has 3 aromatic heterocycles. The molecule has 1 atom stereocenters. The summed E-state index contributed by atoms with van der Waals surface area (Å²) >= 11 is 1.71. The van der Waals surface area contributed by atoms with E-state index < -0.39 is 0 Å². The first-order chi connectivity index (χ1) is 19.0. The van der Waals surface area contributed by atoms with Crippen LogP contribution in [0.15, 0.2) is 42.7 Å². The number of thiazole rings is 1. The van der Waals surface area contributed by atoms with E-state index in [0.29, 0.717) is 36.7 Å². The predicted molar refractivity (Wildman–Crippen MR) is 161 cm³/mol. The van der Waals surface area contributed by atoms with E-state index >= 15 is 0 Å². The van der Waals surface area contributed by atoms with Crippen LogP contribution in [-0.4, -0.2) is 26.5 Å². The molecule has 0 radical (unpaired) electrons. The van der Waals surface area contributed by atoms with Crippen LogP contribution in [0, 0.1) is 18.8 Å². The topological polar surface area (TPSA) is 84.8 Å². The maximum atomic E-state index is 12.6. The van der Waals surface area contributed by atoms with Crippen LogP contribution in [0.25, 0.3) is 10.6 Å². The minimum Gasteiger partial charge on any atom is -0.325 e. The predicted octanol–water partition coefficient (Wildman–Crippen LogP) is 8.53. The van der Waals surface area contributed by atoms with Crippen molar-refractivity contribution in [3.05, 3.63) is 53.3 Å². The van der Waals surface area contributed by atoms with Crippen LogP contribution in [0.2, 0.25) is 0 Å². The number of nitrogens with one attached hydrogen (secondary N) is 1. The van der Waals surface area contributed by atoms with Crippen LogP contribution in [0.4, 0.5) is 11.6 Å². The summed E-state index contributed by atoms with van der Waals surface area (Å²) in [5.41, 5.74) is 2.06. The van der Waals surface area contributed by atoms with Gasteiger partial charge in [-0.1, -0.05) is 46.1 Å². The van der Waals surface area contributed by atoms with Crippen LogP contribution in [0.3, 0.4) is 0 Å². The molecule has 1 N–H and O–H groups in total. The molecule has 0 aromatic carbocycles. The van der Waals surface area contributed by atoms with Gasteiger partial charge in [-0.05, 0) is 74.8 Å². The summed E-state index contributed by atoms with van der Waals surface area (Å²) in [6, 6.07) is 9.94. The molecule has 39 heavy (non-hydrogen) atoms. The summed E-state index contributed by atoms with van der Waals surface area (Å²) in [5.74, 6) is 2.97. The summed E-state index contributed by atoms with van der Waals surface area (Å²) < 4.78 is 0. The number of pyridine rings is 2. The third kappa shape index (κ3) is 9.95. The largest absolute Gasteiger partial charge is 0.325 e. The van der Waals surface area contributed by atoms with E-state index in [0.717, 1.165) is 77.7 Å². The number of carbonyl (C=O) groups excluding carboxylic acids is 2. The van der Waals surface area contributed by atoms with Crippen molar-refractivity contribution in [2.45, 2.75) is 98.3 Å². The Bertz CT molecular complexity index is 1180. The van der Waals surface area contributed by atoms with Crippen molar-refractivity contribution < 1.29 is 9.59 Å². The van der Waals surface area contributed by atoms with Crippen molar-refractivity contribution in [1.82, 2.24) is 15.0 Å². The van der Waals surface area contributed by atoms with E-state index in [9.17, 15) is 9.59 Å². The lowest BCUT2D eigenvalue weighted by Gasteiger charge is -2.20. The highest BCUT2D eigenvalue weighted by molar-refractivity contribution is 7.15. The Balaban J connectivity index is 0.00000205. The van der Waals surface area contributed by atoms with Gasteiger partial charge in [-0.25, -0.2) is 15.0 Å². The average Bonchev–Trinajstić information content (AvgIpc) is 3.42. The van der Waals surface area contributed by atoms with Gasteiger partial charge in [0.05, 0.1) is 15.6 Å². The zero-order valence-electron chi connectivity index (χ0n) is 24.0. The molecular weight excluding hydrogens is 504 g/mol. The Labute approximate surface area is 238 Å². The third-order valence-corrected chi connectivity index (χ3v) is 8.30. The molecule has 0 amide bonds. The van der Waals surface area contributed by atoms with Crippen LogP contribution >= 0.6 is 11.3 Å². The maximum Gasteiger partial charge on any atom is 0.136 e. The standard InChI is InChI=1S/C30H38N4O2S.C2H6/c1-3-6-22(7-4-9-26(36)23-12-14-24(35)15-13-23)11-16-30-32-20-27(37-30)25-8-5-10-28(33-25)34-29-19-21(2)17-18-31-29;1-2/h5,8,10,17-20,22-23H,3-4,6-7,9,11-16H2,1-2H3,(H,31,33,34);1-2H3. The Hall–Kier alpha value is -2.93. The molecule has 0 saturated heterocycles. The Morgan fingerprint density at radius 3 is 2.62 bits per heavy atom. The fourth-order valence-corrected chi connectivity index (χ4v) is 6.02. The van der Waals surface area contributed by atoms with Crippen LogP contribution in [0.5, 0.6) is 0 Å². The normalized spacial score (nSPS) is 14.4. The van der Waals surface area contributed by atoms with E-state index in [1.807, 2.05) is 57.3 Å². The number of nitrogens with zero attached hydrogens (tertiary/aromatic N) is 3. The Kier molecular flexibility index (Phi) is 12.7. The van der Waals surface area contributed by atoms with Crippen molar-refractivity contribution in [3.8, 4) is 10.6 Å². The molecule has 0 aliphatic heterocycles. The number of carbonyl (C=O) groups is 2. The van der Waals surface area contributed by atoms with Gasteiger partial charge in [0.1, 0.15) is 23.2 Å². The van der Waals surface area contributed by atoms with E-state index in [2.05, 4.69) is 22.2 Å². The van der Waals surface area contributed by atoms with E-state index in [-0.39, 0.29) is 5.92 Å². The first-order valence-electron chi connectivity index (χ1n) is 14.7. The highest BCUT2D eigenvalue weighted by atomic mass is 32.1.